The molecule has 6 nitrogen and oxygen atoms in total. The van der Waals surface area contributed by atoms with Gasteiger partial charge in [-0.1, -0.05) is 0 Å². The number of nitrogens with zero attached hydrogens (tertiary/aromatic N) is 3. The van der Waals surface area contributed by atoms with Gasteiger partial charge in [0.05, 0.1) is 12.6 Å². The first-order valence-electron chi connectivity index (χ1n) is 5.64. The Kier molecular flexibility index (Phi) is 3.69. The van der Waals surface area contributed by atoms with Crippen molar-refractivity contribution in [3.05, 3.63) is 42.4 Å². The smallest absolute Gasteiger partial charge is 0.242 e. The van der Waals surface area contributed by atoms with E-state index in [0.717, 1.165) is 5.56 Å². The van der Waals surface area contributed by atoms with Crippen LogP contribution < -0.4 is 11.1 Å². The lowest BCUT2D eigenvalue weighted by molar-refractivity contribution is -0.117. The van der Waals surface area contributed by atoms with Crippen molar-refractivity contribution in [1.29, 1.82) is 0 Å². The van der Waals surface area contributed by atoms with Crippen LogP contribution in [0.4, 0.5) is 5.82 Å². The minimum absolute atomic E-state index is 0.246. The molecular formula is C12H15N5O. The van der Waals surface area contributed by atoms with Gasteiger partial charge in [0.2, 0.25) is 5.91 Å². The molecule has 94 valence electrons. The molecule has 1 amide bonds. The number of nitrogens with two attached hydrogens (primary N) is 1. The topological polar surface area (TPSA) is 85.8 Å². The lowest BCUT2D eigenvalue weighted by Crippen LogP contribution is -2.32. The van der Waals surface area contributed by atoms with Gasteiger partial charge in [0, 0.05) is 24.7 Å². The van der Waals surface area contributed by atoms with Crippen LogP contribution in [0, 0.1) is 0 Å². The van der Waals surface area contributed by atoms with E-state index in [1.54, 1.807) is 36.3 Å². The van der Waals surface area contributed by atoms with Crippen molar-refractivity contribution in [2.45, 2.75) is 19.5 Å². The number of carbonyl (C=O) groups is 1. The van der Waals surface area contributed by atoms with Crippen LogP contribution in [-0.4, -0.2) is 26.7 Å². The molecule has 0 aliphatic rings. The molecule has 1 atom stereocenters. The maximum absolute atomic E-state index is 11.4. The molecule has 6 heteroatoms. The number of nitrogens with one attached hydrogen (secondary N) is 1. The third kappa shape index (κ3) is 3.14. The summed E-state index contributed by atoms with van der Waals surface area (Å²) in [5.41, 5.74) is 6.56. The van der Waals surface area contributed by atoms with Crippen molar-refractivity contribution >= 4 is 11.7 Å². The normalized spacial score (nSPS) is 12.1. The van der Waals surface area contributed by atoms with E-state index in [1.807, 2.05) is 12.1 Å². The van der Waals surface area contributed by atoms with Gasteiger partial charge in [0.1, 0.15) is 0 Å². The van der Waals surface area contributed by atoms with Gasteiger partial charge in [-0.3, -0.25) is 14.5 Å². The summed E-state index contributed by atoms with van der Waals surface area (Å²) in [6.07, 6.45) is 5.27. The highest BCUT2D eigenvalue weighted by Gasteiger charge is 2.09. The number of hydrogen-bond donors (Lipinski definition) is 2. The predicted octanol–water partition coefficient (Wildman–Crippen LogP) is 0.612. The number of amides is 1. The third-order valence-corrected chi connectivity index (χ3v) is 2.40. The van der Waals surface area contributed by atoms with Gasteiger partial charge >= 0.3 is 0 Å². The van der Waals surface area contributed by atoms with E-state index in [2.05, 4.69) is 15.4 Å². The lowest BCUT2D eigenvalue weighted by atomic mass is 10.3. The van der Waals surface area contributed by atoms with Crippen LogP contribution in [0.2, 0.25) is 0 Å². The Hall–Kier alpha value is -2.21. The number of carbonyl (C=O) groups excluding carboxylic acids is 1. The van der Waals surface area contributed by atoms with Crippen LogP contribution in [0.25, 0.3) is 0 Å². The number of rotatable bonds is 4. The van der Waals surface area contributed by atoms with Crippen LogP contribution in [0.15, 0.2) is 36.8 Å². The third-order valence-electron chi connectivity index (χ3n) is 2.40. The summed E-state index contributed by atoms with van der Waals surface area (Å²) in [5.74, 6) is 0.260. The van der Waals surface area contributed by atoms with Gasteiger partial charge in [0.25, 0.3) is 0 Å². The Morgan fingerprint density at radius 3 is 2.83 bits per heavy atom. The van der Waals surface area contributed by atoms with E-state index in [0.29, 0.717) is 12.4 Å². The molecule has 0 aliphatic heterocycles. The Morgan fingerprint density at radius 2 is 2.17 bits per heavy atom. The Morgan fingerprint density at radius 1 is 1.44 bits per heavy atom. The molecule has 18 heavy (non-hydrogen) atoms. The first kappa shape index (κ1) is 12.3. The van der Waals surface area contributed by atoms with Crippen LogP contribution >= 0.6 is 0 Å². The molecule has 0 aromatic carbocycles. The van der Waals surface area contributed by atoms with E-state index in [1.165, 1.54) is 0 Å². The molecular weight excluding hydrogens is 230 g/mol. The highest BCUT2D eigenvalue weighted by molar-refractivity contribution is 5.93. The van der Waals surface area contributed by atoms with Gasteiger partial charge < -0.3 is 11.1 Å². The van der Waals surface area contributed by atoms with Crippen LogP contribution in [0.3, 0.4) is 0 Å². The van der Waals surface area contributed by atoms with Crippen molar-refractivity contribution in [3.63, 3.8) is 0 Å². The Balaban J connectivity index is 2.00. The molecule has 2 rings (SSSR count). The summed E-state index contributed by atoms with van der Waals surface area (Å²) in [5, 5.41) is 6.88. The molecule has 0 saturated heterocycles. The zero-order valence-electron chi connectivity index (χ0n) is 10.1. The summed E-state index contributed by atoms with van der Waals surface area (Å²) in [4.78, 5) is 15.3. The highest BCUT2D eigenvalue weighted by atomic mass is 16.2. The number of pyridine rings is 1. The van der Waals surface area contributed by atoms with Crippen LogP contribution in [-0.2, 0) is 11.3 Å². The molecule has 2 aromatic rings. The van der Waals surface area contributed by atoms with E-state index in [9.17, 15) is 4.79 Å². The summed E-state index contributed by atoms with van der Waals surface area (Å²) < 4.78 is 1.74. The second-order valence-electron chi connectivity index (χ2n) is 4.03. The fourth-order valence-corrected chi connectivity index (χ4v) is 1.43. The van der Waals surface area contributed by atoms with E-state index < -0.39 is 6.04 Å². The van der Waals surface area contributed by atoms with Crippen LogP contribution in [0.5, 0.6) is 0 Å². The fraction of sp³-hybridized carbons (Fsp3) is 0.250. The standard InChI is InChI=1S/C12H15N5O/c1-9(13)12(18)15-11-4-7-17(16-11)8-10-2-5-14-6-3-10/h2-7,9H,8,13H2,1H3,(H,15,16,18)/t9-/m1/s1. The van der Waals surface area contributed by atoms with Gasteiger partial charge in [0.15, 0.2) is 5.82 Å². The quantitative estimate of drug-likeness (QED) is 0.826. The van der Waals surface area contributed by atoms with E-state index in [4.69, 9.17) is 5.73 Å². The SMILES string of the molecule is C[C@@H](N)C(=O)Nc1ccn(Cc2ccncc2)n1. The van der Waals surface area contributed by atoms with Crippen molar-refractivity contribution in [1.82, 2.24) is 14.8 Å². The molecule has 0 spiro atoms. The zero-order valence-corrected chi connectivity index (χ0v) is 10.1. The molecule has 0 unspecified atom stereocenters. The van der Waals surface area contributed by atoms with E-state index >= 15 is 0 Å². The average molecular weight is 245 g/mol. The van der Waals surface area contributed by atoms with Crippen molar-refractivity contribution in [2.75, 3.05) is 5.32 Å². The lowest BCUT2D eigenvalue weighted by Gasteiger charge is -2.04. The highest BCUT2D eigenvalue weighted by Crippen LogP contribution is 2.05. The zero-order chi connectivity index (χ0) is 13.0. The van der Waals surface area contributed by atoms with Gasteiger partial charge in [-0.05, 0) is 24.6 Å². The molecule has 0 radical (unpaired) electrons. The van der Waals surface area contributed by atoms with Gasteiger partial charge in [-0.25, -0.2) is 0 Å². The number of anilines is 1. The minimum Gasteiger partial charge on any atom is -0.320 e. The van der Waals surface area contributed by atoms with E-state index in [-0.39, 0.29) is 5.91 Å². The summed E-state index contributed by atoms with van der Waals surface area (Å²) in [6, 6.07) is 5.03. The number of hydrogen-bond acceptors (Lipinski definition) is 4. The summed E-state index contributed by atoms with van der Waals surface area (Å²) >= 11 is 0. The molecule has 0 saturated carbocycles. The average Bonchev–Trinajstić information content (AvgIpc) is 2.77. The Bertz CT molecular complexity index is 520. The molecule has 3 N–H and O–H groups in total. The fourth-order valence-electron chi connectivity index (χ4n) is 1.43. The summed E-state index contributed by atoms with van der Waals surface area (Å²) in [6.45, 7) is 2.26. The maximum Gasteiger partial charge on any atom is 0.242 e. The van der Waals surface area contributed by atoms with Crippen molar-refractivity contribution in [2.24, 2.45) is 5.73 Å². The molecule has 0 bridgehead atoms. The minimum atomic E-state index is -0.546. The van der Waals surface area contributed by atoms with Gasteiger partial charge in [-0.2, -0.15) is 5.10 Å². The van der Waals surface area contributed by atoms with Crippen molar-refractivity contribution in [3.8, 4) is 0 Å². The second-order valence-corrected chi connectivity index (χ2v) is 4.03. The molecule has 2 heterocycles. The maximum atomic E-state index is 11.4. The van der Waals surface area contributed by atoms with Gasteiger partial charge in [-0.15, -0.1) is 0 Å². The van der Waals surface area contributed by atoms with Crippen molar-refractivity contribution < 1.29 is 4.79 Å². The predicted molar refractivity (Wildman–Crippen MR) is 67.8 cm³/mol. The number of aromatic nitrogens is 3. The monoisotopic (exact) mass is 245 g/mol. The van der Waals surface area contributed by atoms with Crippen LogP contribution in [0.1, 0.15) is 12.5 Å². The summed E-state index contributed by atoms with van der Waals surface area (Å²) in [7, 11) is 0. The molecule has 0 aliphatic carbocycles. The molecule has 2 aromatic heterocycles. The second kappa shape index (κ2) is 5.42. The largest absolute Gasteiger partial charge is 0.320 e. The first-order chi connectivity index (χ1) is 8.65. The first-order valence-corrected chi connectivity index (χ1v) is 5.64. The Labute approximate surface area is 105 Å². The molecule has 0 fully saturated rings.